The molecular formula is C12H10F3NO6S. The zero-order chi connectivity index (χ0) is 17.4. The Morgan fingerprint density at radius 2 is 2.04 bits per heavy atom. The van der Waals surface area contributed by atoms with E-state index in [1.54, 1.807) is 0 Å². The van der Waals surface area contributed by atoms with Crippen LogP contribution in [0.2, 0.25) is 0 Å². The molecule has 1 heterocycles. The molecule has 1 aliphatic rings. The molecule has 0 amide bonds. The van der Waals surface area contributed by atoms with Gasteiger partial charge in [0.25, 0.3) is 6.10 Å². The van der Waals surface area contributed by atoms with Gasteiger partial charge in [-0.1, -0.05) is 0 Å². The van der Waals surface area contributed by atoms with Crippen LogP contribution in [0.4, 0.5) is 18.0 Å². The van der Waals surface area contributed by atoms with Crippen molar-refractivity contribution in [1.82, 2.24) is 4.72 Å². The molecule has 0 fully saturated rings. The Hall–Kier alpha value is -2.27. The number of nitrogens with one attached hydrogen (secondary N) is 1. The highest BCUT2D eigenvalue weighted by atomic mass is 32.2. The third kappa shape index (κ3) is 3.56. The summed E-state index contributed by atoms with van der Waals surface area (Å²) in [7, 11) is -2.66. The van der Waals surface area contributed by atoms with E-state index in [9.17, 15) is 26.4 Å². The molecule has 1 aliphatic heterocycles. The normalized spacial score (nSPS) is 17.7. The molecular weight excluding hydrogens is 343 g/mol. The van der Waals surface area contributed by atoms with Gasteiger partial charge in [-0.05, 0) is 31.3 Å². The van der Waals surface area contributed by atoms with Crippen molar-refractivity contribution in [2.75, 3.05) is 7.05 Å². The Kier molecular flexibility index (Phi) is 4.26. The van der Waals surface area contributed by atoms with E-state index in [2.05, 4.69) is 4.74 Å². The van der Waals surface area contributed by atoms with Crippen molar-refractivity contribution >= 4 is 22.3 Å². The Labute approximate surface area is 128 Å². The van der Waals surface area contributed by atoms with Crippen LogP contribution in [0.15, 0.2) is 28.9 Å². The van der Waals surface area contributed by atoms with Crippen LogP contribution in [0.3, 0.4) is 0 Å². The summed E-state index contributed by atoms with van der Waals surface area (Å²) in [6.07, 6.45) is -8.68. The monoisotopic (exact) mass is 353 g/mol. The number of hydrogen-bond donors (Lipinski definition) is 2. The fourth-order valence-corrected chi connectivity index (χ4v) is 2.62. The number of hydrogen-bond acceptors (Lipinski definition) is 5. The third-order valence-electron chi connectivity index (χ3n) is 2.86. The van der Waals surface area contributed by atoms with E-state index in [4.69, 9.17) is 9.84 Å². The van der Waals surface area contributed by atoms with Crippen molar-refractivity contribution in [1.29, 1.82) is 0 Å². The van der Waals surface area contributed by atoms with Gasteiger partial charge in [0.1, 0.15) is 5.75 Å². The number of ether oxygens (including phenoxy) is 2. The first-order valence-corrected chi connectivity index (χ1v) is 7.46. The fraction of sp³-hybridized carbons (Fsp3) is 0.250. The van der Waals surface area contributed by atoms with Gasteiger partial charge in [-0.15, -0.1) is 0 Å². The first kappa shape index (κ1) is 17.1. The molecule has 0 spiro atoms. The number of fused-ring (bicyclic) bond motifs is 1. The fourth-order valence-electron chi connectivity index (χ4n) is 1.86. The van der Waals surface area contributed by atoms with Gasteiger partial charge < -0.3 is 14.6 Å². The molecule has 0 radical (unpaired) electrons. The summed E-state index contributed by atoms with van der Waals surface area (Å²) < 4.78 is 73.0. The summed E-state index contributed by atoms with van der Waals surface area (Å²) in [5.74, 6) is -1.25. The van der Waals surface area contributed by atoms with E-state index >= 15 is 0 Å². The van der Waals surface area contributed by atoms with Crippen LogP contribution in [0.25, 0.3) is 6.08 Å². The molecule has 23 heavy (non-hydrogen) atoms. The van der Waals surface area contributed by atoms with Crippen molar-refractivity contribution in [3.63, 3.8) is 0 Å². The summed E-state index contributed by atoms with van der Waals surface area (Å²) >= 11 is 0. The first-order chi connectivity index (χ1) is 10.5. The quantitative estimate of drug-likeness (QED) is 0.806. The summed E-state index contributed by atoms with van der Waals surface area (Å²) in [5, 5.41) is 8.53. The molecule has 1 unspecified atom stereocenters. The number of sulfonamides is 1. The van der Waals surface area contributed by atoms with Crippen molar-refractivity contribution in [3.05, 3.63) is 29.5 Å². The second-order valence-electron chi connectivity index (χ2n) is 4.36. The summed E-state index contributed by atoms with van der Waals surface area (Å²) in [6, 6.07) is 3.15. The van der Waals surface area contributed by atoms with E-state index < -0.39 is 34.2 Å². The second-order valence-corrected chi connectivity index (χ2v) is 6.25. The molecule has 7 nitrogen and oxygen atoms in total. The maximum Gasteiger partial charge on any atom is 0.511 e. The van der Waals surface area contributed by atoms with Gasteiger partial charge >= 0.3 is 12.3 Å². The number of carbonyl (C=O) groups is 1. The number of alkyl halides is 3. The minimum atomic E-state index is -4.91. The number of halogens is 3. The van der Waals surface area contributed by atoms with Crippen molar-refractivity contribution < 1.29 is 41.0 Å². The maximum absolute atomic E-state index is 12.9. The highest BCUT2D eigenvalue weighted by Gasteiger charge is 2.48. The van der Waals surface area contributed by atoms with Gasteiger partial charge in [0, 0.05) is 5.56 Å². The lowest BCUT2D eigenvalue weighted by molar-refractivity contribution is -0.191. The van der Waals surface area contributed by atoms with Crippen LogP contribution < -0.4 is 9.46 Å². The largest absolute Gasteiger partial charge is 0.511 e. The van der Waals surface area contributed by atoms with Crippen LogP contribution in [-0.2, 0) is 14.8 Å². The highest BCUT2D eigenvalue weighted by molar-refractivity contribution is 7.89. The van der Waals surface area contributed by atoms with E-state index in [1.165, 1.54) is 7.05 Å². The average molecular weight is 353 g/mol. The summed E-state index contributed by atoms with van der Waals surface area (Å²) in [6.45, 7) is 0. The number of carboxylic acid groups (broad SMARTS) is 1. The van der Waals surface area contributed by atoms with Crippen LogP contribution >= 0.6 is 0 Å². The molecule has 0 saturated heterocycles. The zero-order valence-corrected chi connectivity index (χ0v) is 12.2. The van der Waals surface area contributed by atoms with Crippen LogP contribution in [0.5, 0.6) is 5.75 Å². The zero-order valence-electron chi connectivity index (χ0n) is 11.4. The molecule has 0 saturated carbocycles. The maximum atomic E-state index is 12.9. The van der Waals surface area contributed by atoms with Crippen LogP contribution in [-0.4, -0.2) is 39.0 Å². The van der Waals surface area contributed by atoms with Crippen molar-refractivity contribution in [2.24, 2.45) is 0 Å². The van der Waals surface area contributed by atoms with Crippen molar-refractivity contribution in [2.45, 2.75) is 17.2 Å². The SMILES string of the molecule is CNS(=O)(=O)c1ccc2c(c1)C=C(OC(=O)O)C(C(F)(F)F)O2. The Morgan fingerprint density at radius 1 is 1.39 bits per heavy atom. The van der Waals surface area contributed by atoms with Gasteiger partial charge in [-0.25, -0.2) is 17.9 Å². The highest BCUT2D eigenvalue weighted by Crippen LogP contribution is 2.38. The number of rotatable bonds is 3. The van der Waals surface area contributed by atoms with Gasteiger partial charge in [0.2, 0.25) is 10.0 Å². The lowest BCUT2D eigenvalue weighted by atomic mass is 10.1. The predicted molar refractivity (Wildman–Crippen MR) is 70.2 cm³/mol. The lowest BCUT2D eigenvalue weighted by Gasteiger charge is -2.27. The molecule has 126 valence electrons. The molecule has 0 aliphatic carbocycles. The van der Waals surface area contributed by atoms with Crippen LogP contribution in [0.1, 0.15) is 5.56 Å². The van der Waals surface area contributed by atoms with Gasteiger partial charge in [-0.3, -0.25) is 0 Å². The van der Waals surface area contributed by atoms with Crippen molar-refractivity contribution in [3.8, 4) is 5.75 Å². The molecule has 1 aromatic rings. The minimum absolute atomic E-state index is 0.0573. The topological polar surface area (TPSA) is 102 Å². The van der Waals surface area contributed by atoms with E-state index in [1.807, 2.05) is 4.72 Å². The van der Waals surface area contributed by atoms with E-state index in [0.717, 1.165) is 24.3 Å². The van der Waals surface area contributed by atoms with Gasteiger partial charge in [0.05, 0.1) is 4.90 Å². The average Bonchev–Trinajstić information content (AvgIpc) is 2.44. The van der Waals surface area contributed by atoms with Gasteiger partial charge in [-0.2, -0.15) is 13.2 Å². The molecule has 0 bridgehead atoms. The molecule has 2 N–H and O–H groups in total. The second kappa shape index (κ2) is 5.74. The van der Waals surface area contributed by atoms with E-state index in [-0.39, 0.29) is 16.2 Å². The van der Waals surface area contributed by atoms with Crippen LogP contribution in [0, 0.1) is 0 Å². The van der Waals surface area contributed by atoms with E-state index in [0.29, 0.717) is 0 Å². The van der Waals surface area contributed by atoms with Gasteiger partial charge in [0.15, 0.2) is 5.76 Å². The predicted octanol–water partition coefficient (Wildman–Crippen LogP) is 1.95. The molecule has 1 atom stereocenters. The standard InChI is InChI=1S/C12H10F3NO6S/c1-16-23(19,20)7-2-3-8-6(4-7)5-9(22-11(17)18)10(21-8)12(13,14)15/h2-5,10,16H,1H3,(H,17,18). The molecule has 1 aromatic carbocycles. The summed E-state index contributed by atoms with van der Waals surface area (Å²) in [5.41, 5.74) is -0.0573. The Balaban J connectivity index is 2.53. The molecule has 0 aromatic heterocycles. The Morgan fingerprint density at radius 3 is 2.57 bits per heavy atom. The molecule has 2 rings (SSSR count). The smallest absolute Gasteiger partial charge is 0.472 e. The summed E-state index contributed by atoms with van der Waals surface area (Å²) in [4.78, 5) is 10.3. The number of benzene rings is 1. The lowest BCUT2D eigenvalue weighted by Crippen LogP contribution is -2.39. The first-order valence-electron chi connectivity index (χ1n) is 5.98. The minimum Gasteiger partial charge on any atom is -0.472 e. The Bertz CT molecular complexity index is 771. The third-order valence-corrected chi connectivity index (χ3v) is 4.28. The molecule has 11 heteroatoms.